The Morgan fingerprint density at radius 1 is 1.06 bits per heavy atom. The first-order valence-corrected chi connectivity index (χ1v) is 10.0. The standard InChI is InChI=1S/C23H21F5O5/c1-31-14-9-6-5-8-13(14)22-12(7-3-2-4-10-15(29)30)11-32-23(33-22)16-17(24)19(26)21(28)20(27)18(16)25/h2-3,5-6,8-9,12,22-23H,4,7,10-11H2,1H3,(H,29,30)/b3-2-/t12?,22-,23-/m0/s1. The molecule has 5 nitrogen and oxygen atoms in total. The summed E-state index contributed by atoms with van der Waals surface area (Å²) in [6.45, 7) is -0.129. The summed E-state index contributed by atoms with van der Waals surface area (Å²) in [6, 6.07) is 6.68. The minimum atomic E-state index is -2.27. The highest BCUT2D eigenvalue weighted by Gasteiger charge is 2.39. The summed E-state index contributed by atoms with van der Waals surface area (Å²) in [5, 5.41) is 8.72. The van der Waals surface area contributed by atoms with Crippen molar-refractivity contribution >= 4 is 5.97 Å². The molecule has 1 aliphatic heterocycles. The van der Waals surface area contributed by atoms with Gasteiger partial charge >= 0.3 is 5.97 Å². The Labute approximate surface area is 186 Å². The van der Waals surface area contributed by atoms with Crippen molar-refractivity contribution in [3.05, 3.63) is 76.6 Å². The number of hydrogen-bond acceptors (Lipinski definition) is 4. The summed E-state index contributed by atoms with van der Waals surface area (Å²) in [4.78, 5) is 10.6. The van der Waals surface area contributed by atoms with Crippen molar-refractivity contribution in [2.45, 2.75) is 31.7 Å². The minimum Gasteiger partial charge on any atom is -0.496 e. The average Bonchev–Trinajstić information content (AvgIpc) is 2.81. The van der Waals surface area contributed by atoms with E-state index in [0.717, 1.165) is 0 Å². The van der Waals surface area contributed by atoms with E-state index in [2.05, 4.69) is 0 Å². The number of rotatable bonds is 8. The van der Waals surface area contributed by atoms with Crippen LogP contribution in [0.25, 0.3) is 0 Å². The highest BCUT2D eigenvalue weighted by Crippen LogP contribution is 2.44. The second-order valence-electron chi connectivity index (χ2n) is 7.35. The Kier molecular flexibility index (Phi) is 8.04. The zero-order valence-corrected chi connectivity index (χ0v) is 17.5. The number of ether oxygens (including phenoxy) is 3. The number of carboxylic acid groups (broad SMARTS) is 1. The zero-order chi connectivity index (χ0) is 24.1. The van der Waals surface area contributed by atoms with Gasteiger partial charge in [-0.25, -0.2) is 22.0 Å². The van der Waals surface area contributed by atoms with Gasteiger partial charge in [-0.3, -0.25) is 4.79 Å². The fourth-order valence-electron chi connectivity index (χ4n) is 3.58. The molecule has 1 unspecified atom stereocenters. The van der Waals surface area contributed by atoms with Crippen molar-refractivity contribution in [2.75, 3.05) is 13.7 Å². The molecule has 0 aromatic heterocycles. The molecule has 1 aliphatic rings. The van der Waals surface area contributed by atoms with Gasteiger partial charge in [-0.15, -0.1) is 0 Å². The lowest BCUT2D eigenvalue weighted by molar-refractivity contribution is -0.246. The number of hydrogen-bond donors (Lipinski definition) is 1. The molecule has 33 heavy (non-hydrogen) atoms. The van der Waals surface area contributed by atoms with Crippen molar-refractivity contribution in [3.63, 3.8) is 0 Å². The number of benzene rings is 2. The predicted octanol–water partition coefficient (Wildman–Crippen LogP) is 5.60. The summed E-state index contributed by atoms with van der Waals surface area (Å²) in [7, 11) is 1.42. The Balaban J connectivity index is 1.93. The van der Waals surface area contributed by atoms with Crippen LogP contribution in [0.1, 0.15) is 42.8 Å². The lowest BCUT2D eigenvalue weighted by atomic mass is 9.91. The number of methoxy groups -OCH3 is 1. The van der Waals surface area contributed by atoms with Crippen LogP contribution in [0, 0.1) is 35.0 Å². The highest BCUT2D eigenvalue weighted by atomic mass is 19.2. The van der Waals surface area contributed by atoms with Crippen molar-refractivity contribution in [2.24, 2.45) is 5.92 Å². The minimum absolute atomic E-state index is 0.0492. The van der Waals surface area contributed by atoms with Crippen LogP contribution in [0.2, 0.25) is 0 Å². The van der Waals surface area contributed by atoms with Gasteiger partial charge < -0.3 is 19.3 Å². The van der Waals surface area contributed by atoms with E-state index in [9.17, 15) is 26.7 Å². The van der Waals surface area contributed by atoms with Crippen LogP contribution in [0.4, 0.5) is 22.0 Å². The third kappa shape index (κ3) is 5.33. The largest absolute Gasteiger partial charge is 0.496 e. The lowest BCUT2D eigenvalue weighted by Crippen LogP contribution is -2.32. The average molecular weight is 472 g/mol. The van der Waals surface area contributed by atoms with Gasteiger partial charge in [0, 0.05) is 17.9 Å². The SMILES string of the molecule is COc1ccccc1[C@H]1O[C@@H](c2c(F)c(F)c(F)c(F)c2F)OCC1C/C=C\CCC(=O)O. The maximum absolute atomic E-state index is 14.3. The summed E-state index contributed by atoms with van der Waals surface area (Å²) < 4.78 is 86.1. The molecule has 1 heterocycles. The Hall–Kier alpha value is -2.98. The predicted molar refractivity (Wildman–Crippen MR) is 106 cm³/mol. The molecule has 0 bridgehead atoms. The van der Waals surface area contributed by atoms with E-state index in [1.165, 1.54) is 7.11 Å². The van der Waals surface area contributed by atoms with E-state index in [1.807, 2.05) is 0 Å². The topological polar surface area (TPSA) is 65.0 Å². The second kappa shape index (κ2) is 10.8. The normalized spacial score (nSPS) is 20.8. The van der Waals surface area contributed by atoms with E-state index in [0.29, 0.717) is 24.2 Å². The van der Waals surface area contributed by atoms with Gasteiger partial charge in [0.15, 0.2) is 29.6 Å². The maximum Gasteiger partial charge on any atom is 0.303 e. The van der Waals surface area contributed by atoms with Crippen LogP contribution >= 0.6 is 0 Å². The van der Waals surface area contributed by atoms with E-state index < -0.39 is 58.9 Å². The molecule has 0 aliphatic carbocycles. The van der Waals surface area contributed by atoms with Crippen molar-refractivity contribution < 1.29 is 46.1 Å². The Morgan fingerprint density at radius 2 is 1.70 bits per heavy atom. The number of carbonyl (C=O) groups is 1. The van der Waals surface area contributed by atoms with Gasteiger partial charge in [-0.05, 0) is 18.9 Å². The molecule has 3 atom stereocenters. The molecule has 2 aromatic carbocycles. The first-order chi connectivity index (χ1) is 15.8. The highest BCUT2D eigenvalue weighted by molar-refractivity contribution is 5.66. The number of para-hydroxylation sites is 1. The molecule has 1 N–H and O–H groups in total. The molecule has 3 rings (SSSR count). The summed E-state index contributed by atoms with van der Waals surface area (Å²) in [5.41, 5.74) is -0.706. The summed E-state index contributed by atoms with van der Waals surface area (Å²) in [6.07, 6.45) is 1.26. The van der Waals surface area contributed by atoms with Crippen LogP contribution in [-0.2, 0) is 14.3 Å². The quantitative estimate of drug-likeness (QED) is 0.234. The molecule has 2 aromatic rings. The van der Waals surface area contributed by atoms with Gasteiger partial charge in [0.2, 0.25) is 5.82 Å². The number of halogens is 5. The molecule has 178 valence electrons. The third-order valence-corrected chi connectivity index (χ3v) is 5.22. The van der Waals surface area contributed by atoms with E-state index >= 15 is 0 Å². The van der Waals surface area contributed by atoms with E-state index in [-0.39, 0.29) is 13.0 Å². The van der Waals surface area contributed by atoms with Crippen LogP contribution < -0.4 is 4.74 Å². The number of aliphatic carboxylic acids is 1. The van der Waals surface area contributed by atoms with Gasteiger partial charge in [0.1, 0.15) is 5.75 Å². The summed E-state index contributed by atoms with van der Waals surface area (Å²) in [5.74, 6) is -11.5. The van der Waals surface area contributed by atoms with Gasteiger partial charge in [0.05, 0.1) is 25.4 Å². The Morgan fingerprint density at radius 3 is 2.33 bits per heavy atom. The molecular formula is C23H21F5O5. The fourth-order valence-corrected chi connectivity index (χ4v) is 3.58. The maximum atomic E-state index is 14.3. The van der Waals surface area contributed by atoms with Gasteiger partial charge in [0.25, 0.3) is 0 Å². The lowest BCUT2D eigenvalue weighted by Gasteiger charge is -2.37. The van der Waals surface area contributed by atoms with Crippen LogP contribution in [-0.4, -0.2) is 24.8 Å². The molecule has 10 heteroatoms. The van der Waals surface area contributed by atoms with Crippen LogP contribution in [0.15, 0.2) is 36.4 Å². The molecule has 0 spiro atoms. The Bertz CT molecular complexity index is 1010. The molecule has 0 amide bonds. The molecule has 1 saturated heterocycles. The zero-order valence-electron chi connectivity index (χ0n) is 17.5. The van der Waals surface area contributed by atoms with Crippen LogP contribution in [0.5, 0.6) is 5.75 Å². The van der Waals surface area contributed by atoms with Crippen molar-refractivity contribution in [1.82, 2.24) is 0 Å². The molecule has 1 fully saturated rings. The van der Waals surface area contributed by atoms with Crippen molar-refractivity contribution in [3.8, 4) is 5.75 Å². The monoisotopic (exact) mass is 472 g/mol. The van der Waals surface area contributed by atoms with Gasteiger partial charge in [-0.1, -0.05) is 30.4 Å². The van der Waals surface area contributed by atoms with Crippen LogP contribution in [0.3, 0.4) is 0 Å². The van der Waals surface area contributed by atoms with E-state index in [4.69, 9.17) is 19.3 Å². The summed E-state index contributed by atoms with van der Waals surface area (Å²) >= 11 is 0. The van der Waals surface area contributed by atoms with Crippen molar-refractivity contribution in [1.29, 1.82) is 0 Å². The first-order valence-electron chi connectivity index (χ1n) is 10.0. The molecule has 0 saturated carbocycles. The van der Waals surface area contributed by atoms with E-state index in [1.54, 1.807) is 36.4 Å². The number of carboxylic acids is 1. The third-order valence-electron chi connectivity index (χ3n) is 5.22. The first kappa shape index (κ1) is 24.7. The second-order valence-corrected chi connectivity index (χ2v) is 7.35. The fraction of sp³-hybridized carbons (Fsp3) is 0.348. The van der Waals surface area contributed by atoms with Gasteiger partial charge in [-0.2, -0.15) is 0 Å². The smallest absolute Gasteiger partial charge is 0.303 e. The molecule has 0 radical (unpaired) electrons. The molecular weight excluding hydrogens is 451 g/mol. The number of allylic oxidation sites excluding steroid dienone is 2.